The van der Waals surface area contributed by atoms with E-state index in [0.717, 1.165) is 43.1 Å². The molecule has 7 heteroatoms. The van der Waals surface area contributed by atoms with Crippen molar-refractivity contribution in [1.29, 1.82) is 0 Å². The average molecular weight is 278 g/mol. The first kappa shape index (κ1) is 14.5. The summed E-state index contributed by atoms with van der Waals surface area (Å²) in [7, 11) is 1.84. The van der Waals surface area contributed by atoms with Crippen molar-refractivity contribution in [3.05, 3.63) is 11.4 Å². The van der Waals surface area contributed by atoms with Gasteiger partial charge < -0.3 is 15.2 Å². The minimum absolute atomic E-state index is 0.112. The summed E-state index contributed by atoms with van der Waals surface area (Å²) in [6, 6.07) is 0. The third-order valence-corrected chi connectivity index (χ3v) is 3.59. The Balaban J connectivity index is 2.37. The van der Waals surface area contributed by atoms with E-state index in [-0.39, 0.29) is 5.91 Å². The summed E-state index contributed by atoms with van der Waals surface area (Å²) in [5.41, 5.74) is 3.49. The molecule has 0 spiro atoms. The molecule has 1 aromatic rings. The Kier molecular flexibility index (Phi) is 4.39. The lowest BCUT2D eigenvalue weighted by Crippen LogP contribution is -2.35. The summed E-state index contributed by atoms with van der Waals surface area (Å²) < 4.78 is 0. The van der Waals surface area contributed by atoms with Crippen LogP contribution in [0.3, 0.4) is 0 Å². The lowest BCUT2D eigenvalue weighted by atomic mass is 10.2. The predicted molar refractivity (Wildman–Crippen MR) is 78.4 cm³/mol. The molecule has 1 aliphatic heterocycles. The topological polar surface area (TPSA) is 87.4 Å². The summed E-state index contributed by atoms with van der Waals surface area (Å²) in [4.78, 5) is 24.7. The zero-order valence-electron chi connectivity index (χ0n) is 12.3. The fourth-order valence-electron chi connectivity index (χ4n) is 2.32. The van der Waals surface area contributed by atoms with Crippen molar-refractivity contribution in [3.8, 4) is 0 Å². The van der Waals surface area contributed by atoms with Gasteiger partial charge in [-0.05, 0) is 13.3 Å². The van der Waals surface area contributed by atoms with Crippen molar-refractivity contribution in [2.45, 2.75) is 26.7 Å². The summed E-state index contributed by atoms with van der Waals surface area (Å²) in [5.74, 6) is 7.78. The summed E-state index contributed by atoms with van der Waals surface area (Å²) in [6.45, 7) is 5.85. The molecule has 110 valence electrons. The smallest absolute Gasteiger partial charge is 0.241 e. The second kappa shape index (κ2) is 6.04. The Morgan fingerprint density at radius 2 is 2.10 bits per heavy atom. The van der Waals surface area contributed by atoms with Crippen LogP contribution in [0.15, 0.2) is 0 Å². The Bertz CT molecular complexity index is 504. The predicted octanol–water partition coefficient (Wildman–Crippen LogP) is 0.302. The van der Waals surface area contributed by atoms with Gasteiger partial charge in [-0.3, -0.25) is 4.79 Å². The van der Waals surface area contributed by atoms with E-state index in [1.807, 2.05) is 25.8 Å². The quantitative estimate of drug-likeness (QED) is 0.611. The largest absolute Gasteiger partial charge is 0.347 e. The molecular weight excluding hydrogens is 256 g/mol. The Labute approximate surface area is 119 Å². The molecule has 0 bridgehead atoms. The highest BCUT2D eigenvalue weighted by molar-refractivity contribution is 5.82. The van der Waals surface area contributed by atoms with Crippen LogP contribution >= 0.6 is 0 Å². The van der Waals surface area contributed by atoms with Crippen molar-refractivity contribution in [2.24, 2.45) is 5.84 Å². The Hall–Kier alpha value is -1.89. The first-order valence-electron chi connectivity index (χ1n) is 6.89. The molecule has 0 saturated carbocycles. The number of hydrogen-bond acceptors (Lipinski definition) is 6. The number of amides is 1. The van der Waals surface area contributed by atoms with Crippen molar-refractivity contribution in [2.75, 3.05) is 37.0 Å². The van der Waals surface area contributed by atoms with Crippen LogP contribution in [0.5, 0.6) is 0 Å². The van der Waals surface area contributed by atoms with Gasteiger partial charge in [-0.25, -0.2) is 15.8 Å². The van der Waals surface area contributed by atoms with Crippen LogP contribution in [0.25, 0.3) is 0 Å². The number of nitrogens with zero attached hydrogens (tertiary/aromatic N) is 4. The maximum atomic E-state index is 12.0. The Morgan fingerprint density at radius 1 is 1.35 bits per heavy atom. The highest BCUT2D eigenvalue weighted by Crippen LogP contribution is 2.24. The van der Waals surface area contributed by atoms with E-state index in [0.29, 0.717) is 12.4 Å². The lowest BCUT2D eigenvalue weighted by Gasteiger charge is -2.24. The number of nitrogens with one attached hydrogen (secondary N) is 1. The molecule has 2 heterocycles. The van der Waals surface area contributed by atoms with E-state index in [1.54, 1.807) is 4.90 Å². The molecule has 0 radical (unpaired) electrons. The second-order valence-corrected chi connectivity index (χ2v) is 5.03. The monoisotopic (exact) mass is 278 g/mol. The first-order chi connectivity index (χ1) is 9.56. The van der Waals surface area contributed by atoms with Crippen LogP contribution in [0.1, 0.15) is 24.7 Å². The molecule has 0 atom stereocenters. The number of carbonyl (C=O) groups is 1. The van der Waals surface area contributed by atoms with E-state index >= 15 is 0 Å². The maximum Gasteiger partial charge on any atom is 0.241 e. The van der Waals surface area contributed by atoms with Gasteiger partial charge in [-0.2, -0.15) is 0 Å². The molecule has 1 aliphatic rings. The number of carbonyl (C=O) groups excluding carboxylic acids is 1. The fourth-order valence-corrected chi connectivity index (χ4v) is 2.32. The van der Waals surface area contributed by atoms with Gasteiger partial charge in [0.05, 0.1) is 6.54 Å². The molecule has 2 rings (SSSR count). The Morgan fingerprint density at radius 3 is 2.75 bits per heavy atom. The second-order valence-electron chi connectivity index (χ2n) is 5.03. The molecular formula is C13H22N6O. The molecule has 20 heavy (non-hydrogen) atoms. The normalized spacial score (nSPS) is 16.3. The molecule has 1 amide bonds. The number of nitrogen functional groups attached to an aromatic ring is 1. The fraction of sp³-hybridized carbons (Fsp3) is 0.615. The van der Waals surface area contributed by atoms with E-state index in [9.17, 15) is 4.79 Å². The van der Waals surface area contributed by atoms with Crippen molar-refractivity contribution in [1.82, 2.24) is 14.9 Å². The van der Waals surface area contributed by atoms with Crippen LogP contribution in [-0.4, -0.2) is 47.5 Å². The summed E-state index contributed by atoms with van der Waals surface area (Å²) >= 11 is 0. The molecule has 1 fully saturated rings. The van der Waals surface area contributed by atoms with Gasteiger partial charge in [0.15, 0.2) is 0 Å². The van der Waals surface area contributed by atoms with Crippen molar-refractivity contribution in [3.63, 3.8) is 0 Å². The van der Waals surface area contributed by atoms with Crippen molar-refractivity contribution >= 4 is 17.5 Å². The van der Waals surface area contributed by atoms with Gasteiger partial charge in [0.2, 0.25) is 5.91 Å². The highest BCUT2D eigenvalue weighted by atomic mass is 16.2. The number of nitrogens with two attached hydrogens (primary N) is 1. The van der Waals surface area contributed by atoms with Crippen LogP contribution in [-0.2, 0) is 11.2 Å². The SMILES string of the molecule is CCc1nc(NN)c(C)c(N2CCCN(C)C(=O)C2)n1. The minimum Gasteiger partial charge on any atom is -0.347 e. The molecule has 1 saturated heterocycles. The molecule has 7 nitrogen and oxygen atoms in total. The third kappa shape index (κ3) is 2.82. The van der Waals surface area contributed by atoms with Gasteiger partial charge in [0, 0.05) is 32.1 Å². The van der Waals surface area contributed by atoms with E-state index < -0.39 is 0 Å². The zero-order chi connectivity index (χ0) is 14.7. The first-order valence-corrected chi connectivity index (χ1v) is 6.89. The van der Waals surface area contributed by atoms with E-state index in [1.165, 1.54) is 0 Å². The van der Waals surface area contributed by atoms with Gasteiger partial charge in [-0.1, -0.05) is 6.92 Å². The van der Waals surface area contributed by atoms with Gasteiger partial charge in [-0.15, -0.1) is 0 Å². The van der Waals surface area contributed by atoms with Gasteiger partial charge in [0.1, 0.15) is 17.5 Å². The molecule has 0 unspecified atom stereocenters. The van der Waals surface area contributed by atoms with Crippen LogP contribution < -0.4 is 16.2 Å². The minimum atomic E-state index is 0.112. The van der Waals surface area contributed by atoms with Crippen LogP contribution in [0.2, 0.25) is 0 Å². The number of hydrogen-bond donors (Lipinski definition) is 2. The van der Waals surface area contributed by atoms with Crippen molar-refractivity contribution < 1.29 is 4.79 Å². The van der Waals surface area contributed by atoms with E-state index in [4.69, 9.17) is 5.84 Å². The van der Waals surface area contributed by atoms with Crippen LogP contribution in [0, 0.1) is 6.92 Å². The molecule has 3 N–H and O–H groups in total. The molecule has 0 aromatic carbocycles. The number of anilines is 2. The number of rotatable bonds is 3. The number of aromatic nitrogens is 2. The molecule has 0 aliphatic carbocycles. The highest BCUT2D eigenvalue weighted by Gasteiger charge is 2.23. The lowest BCUT2D eigenvalue weighted by molar-refractivity contribution is -0.127. The van der Waals surface area contributed by atoms with Gasteiger partial charge in [0.25, 0.3) is 0 Å². The average Bonchev–Trinajstić information content (AvgIpc) is 2.61. The van der Waals surface area contributed by atoms with E-state index in [2.05, 4.69) is 15.4 Å². The maximum absolute atomic E-state index is 12.0. The number of aryl methyl sites for hydroxylation is 1. The number of hydrazine groups is 1. The van der Waals surface area contributed by atoms with Crippen LogP contribution in [0.4, 0.5) is 11.6 Å². The number of likely N-dealkylation sites (N-methyl/N-ethyl adjacent to an activating group) is 1. The van der Waals surface area contributed by atoms with Gasteiger partial charge >= 0.3 is 0 Å². The molecule has 1 aromatic heterocycles. The summed E-state index contributed by atoms with van der Waals surface area (Å²) in [6.07, 6.45) is 1.65. The zero-order valence-corrected chi connectivity index (χ0v) is 12.3. The third-order valence-electron chi connectivity index (χ3n) is 3.59. The summed E-state index contributed by atoms with van der Waals surface area (Å²) in [5, 5.41) is 0. The standard InChI is InChI=1S/C13H22N6O/c1-4-10-15-12(17-14)9(2)13(16-10)19-7-5-6-18(3)11(20)8-19/h4-8,14H2,1-3H3,(H,15,16,17).